The van der Waals surface area contributed by atoms with Crippen LogP contribution in [0.1, 0.15) is 38.5 Å². The van der Waals surface area contributed by atoms with Crippen LogP contribution < -0.4 is 11.1 Å². The number of aliphatic hydroxyl groups is 1. The standard InChI is InChI=1S/C12H24N2O3/c1-17-9-10(15)4-7-14-11(16)8-12(13)5-2-3-6-12/h10,15H,2-9,13H2,1H3,(H,14,16). The summed E-state index contributed by atoms with van der Waals surface area (Å²) >= 11 is 0. The van der Waals surface area contributed by atoms with Gasteiger partial charge in [0.1, 0.15) is 0 Å². The minimum absolute atomic E-state index is 0.0148. The SMILES string of the molecule is COCC(O)CCNC(=O)CC1(N)CCCC1. The Balaban J connectivity index is 2.13. The topological polar surface area (TPSA) is 84.6 Å². The lowest BCUT2D eigenvalue weighted by molar-refractivity contribution is -0.122. The minimum atomic E-state index is -0.515. The van der Waals surface area contributed by atoms with Gasteiger partial charge in [0.25, 0.3) is 0 Å². The molecule has 1 aliphatic rings. The fourth-order valence-corrected chi connectivity index (χ4v) is 2.29. The Morgan fingerprint density at radius 2 is 2.18 bits per heavy atom. The number of hydrogen-bond donors (Lipinski definition) is 3. The molecule has 0 heterocycles. The van der Waals surface area contributed by atoms with E-state index in [4.69, 9.17) is 10.5 Å². The first-order valence-electron chi connectivity index (χ1n) is 6.28. The van der Waals surface area contributed by atoms with Gasteiger partial charge in [-0.3, -0.25) is 4.79 Å². The molecule has 1 unspecified atom stereocenters. The molecule has 5 nitrogen and oxygen atoms in total. The van der Waals surface area contributed by atoms with Gasteiger partial charge in [-0.25, -0.2) is 0 Å². The van der Waals surface area contributed by atoms with E-state index in [9.17, 15) is 9.90 Å². The number of carbonyl (C=O) groups excluding carboxylic acids is 1. The van der Waals surface area contributed by atoms with Crippen molar-refractivity contribution < 1.29 is 14.6 Å². The molecule has 0 aromatic carbocycles. The second-order valence-corrected chi connectivity index (χ2v) is 4.99. The predicted octanol–water partition coefficient (Wildman–Crippen LogP) is 0.162. The molecule has 1 aliphatic carbocycles. The third-order valence-corrected chi connectivity index (χ3v) is 3.27. The Morgan fingerprint density at radius 3 is 2.76 bits per heavy atom. The molecule has 0 spiro atoms. The second kappa shape index (κ2) is 6.93. The number of amides is 1. The quantitative estimate of drug-likeness (QED) is 0.595. The van der Waals surface area contributed by atoms with Crippen LogP contribution in [-0.4, -0.2) is 42.9 Å². The van der Waals surface area contributed by atoms with E-state index < -0.39 is 6.10 Å². The first-order chi connectivity index (χ1) is 8.06. The maximum atomic E-state index is 11.6. The highest BCUT2D eigenvalue weighted by Crippen LogP contribution is 2.29. The van der Waals surface area contributed by atoms with Crippen molar-refractivity contribution in [1.29, 1.82) is 0 Å². The molecule has 0 aliphatic heterocycles. The Hall–Kier alpha value is -0.650. The molecule has 1 amide bonds. The average molecular weight is 244 g/mol. The fourth-order valence-electron chi connectivity index (χ4n) is 2.29. The zero-order valence-electron chi connectivity index (χ0n) is 10.6. The summed E-state index contributed by atoms with van der Waals surface area (Å²) in [4.78, 5) is 11.6. The normalized spacial score (nSPS) is 20.2. The minimum Gasteiger partial charge on any atom is -0.391 e. The zero-order chi connectivity index (χ0) is 12.7. The van der Waals surface area contributed by atoms with Crippen LogP contribution in [0.5, 0.6) is 0 Å². The zero-order valence-corrected chi connectivity index (χ0v) is 10.6. The molecule has 0 aromatic rings. The number of nitrogens with two attached hydrogens (primary N) is 1. The summed E-state index contributed by atoms with van der Waals surface area (Å²) in [5.74, 6) is -0.0148. The number of methoxy groups -OCH3 is 1. The van der Waals surface area contributed by atoms with Crippen molar-refractivity contribution in [2.45, 2.75) is 50.2 Å². The van der Waals surface area contributed by atoms with Gasteiger partial charge in [0.2, 0.25) is 5.91 Å². The number of hydrogen-bond acceptors (Lipinski definition) is 4. The lowest BCUT2D eigenvalue weighted by Gasteiger charge is -2.22. The Labute approximate surface area is 103 Å². The third kappa shape index (κ3) is 5.48. The molecule has 0 aromatic heterocycles. The number of ether oxygens (including phenoxy) is 1. The molecule has 1 atom stereocenters. The molecule has 1 rings (SSSR count). The smallest absolute Gasteiger partial charge is 0.221 e. The summed E-state index contributed by atoms with van der Waals surface area (Å²) in [6.45, 7) is 0.774. The van der Waals surface area contributed by atoms with Gasteiger partial charge in [-0.15, -0.1) is 0 Å². The van der Waals surface area contributed by atoms with Gasteiger partial charge >= 0.3 is 0 Å². The molecule has 1 fully saturated rings. The van der Waals surface area contributed by atoms with Crippen LogP contribution in [0.3, 0.4) is 0 Å². The first-order valence-corrected chi connectivity index (χ1v) is 6.28. The van der Waals surface area contributed by atoms with Gasteiger partial charge < -0.3 is 20.9 Å². The van der Waals surface area contributed by atoms with E-state index in [0.29, 0.717) is 26.0 Å². The molecule has 5 heteroatoms. The molecule has 17 heavy (non-hydrogen) atoms. The Morgan fingerprint density at radius 1 is 1.53 bits per heavy atom. The van der Waals surface area contributed by atoms with Crippen molar-refractivity contribution in [3.8, 4) is 0 Å². The summed E-state index contributed by atoms with van der Waals surface area (Å²) in [5.41, 5.74) is 5.81. The maximum absolute atomic E-state index is 11.6. The first kappa shape index (κ1) is 14.4. The molecule has 4 N–H and O–H groups in total. The molecule has 100 valence electrons. The second-order valence-electron chi connectivity index (χ2n) is 4.99. The van der Waals surface area contributed by atoms with Crippen molar-refractivity contribution in [3.63, 3.8) is 0 Å². The van der Waals surface area contributed by atoms with Crippen molar-refractivity contribution in [1.82, 2.24) is 5.32 Å². The Kier molecular flexibility index (Phi) is 5.88. The van der Waals surface area contributed by atoms with Gasteiger partial charge in [0.15, 0.2) is 0 Å². The monoisotopic (exact) mass is 244 g/mol. The molecule has 0 bridgehead atoms. The number of aliphatic hydroxyl groups excluding tert-OH is 1. The maximum Gasteiger partial charge on any atom is 0.221 e. The van der Waals surface area contributed by atoms with Crippen LogP contribution in [0, 0.1) is 0 Å². The molecule has 0 radical (unpaired) electrons. The van der Waals surface area contributed by atoms with E-state index in [1.807, 2.05) is 0 Å². The summed E-state index contributed by atoms with van der Waals surface area (Å²) < 4.78 is 4.80. The summed E-state index contributed by atoms with van der Waals surface area (Å²) in [5, 5.41) is 12.2. The number of carbonyl (C=O) groups is 1. The van der Waals surface area contributed by atoms with E-state index in [-0.39, 0.29) is 11.4 Å². The van der Waals surface area contributed by atoms with Gasteiger partial charge in [-0.1, -0.05) is 12.8 Å². The lowest BCUT2D eigenvalue weighted by Crippen LogP contribution is -2.42. The highest BCUT2D eigenvalue weighted by Gasteiger charge is 2.31. The molecular weight excluding hydrogens is 220 g/mol. The molecular formula is C12H24N2O3. The van der Waals surface area contributed by atoms with Gasteiger partial charge in [-0.05, 0) is 19.3 Å². The van der Waals surface area contributed by atoms with Gasteiger partial charge in [0, 0.05) is 25.6 Å². The highest BCUT2D eigenvalue weighted by atomic mass is 16.5. The van der Waals surface area contributed by atoms with Crippen LogP contribution in [-0.2, 0) is 9.53 Å². The van der Waals surface area contributed by atoms with E-state index in [2.05, 4.69) is 5.32 Å². The van der Waals surface area contributed by atoms with Crippen LogP contribution in [0.4, 0.5) is 0 Å². The van der Waals surface area contributed by atoms with Crippen LogP contribution in [0.2, 0.25) is 0 Å². The van der Waals surface area contributed by atoms with Crippen LogP contribution in [0.25, 0.3) is 0 Å². The van der Waals surface area contributed by atoms with E-state index in [0.717, 1.165) is 25.7 Å². The summed E-state index contributed by atoms with van der Waals surface area (Å²) in [6, 6.07) is 0. The third-order valence-electron chi connectivity index (χ3n) is 3.27. The van der Waals surface area contributed by atoms with E-state index in [1.165, 1.54) is 0 Å². The van der Waals surface area contributed by atoms with Crippen LogP contribution >= 0.6 is 0 Å². The predicted molar refractivity (Wildman–Crippen MR) is 65.5 cm³/mol. The van der Waals surface area contributed by atoms with E-state index >= 15 is 0 Å². The van der Waals surface area contributed by atoms with Gasteiger partial charge in [0.05, 0.1) is 12.7 Å². The number of rotatable bonds is 7. The largest absolute Gasteiger partial charge is 0.391 e. The van der Waals surface area contributed by atoms with Crippen molar-refractivity contribution >= 4 is 5.91 Å². The lowest BCUT2D eigenvalue weighted by atomic mass is 9.94. The average Bonchev–Trinajstić information content (AvgIpc) is 2.65. The van der Waals surface area contributed by atoms with Crippen molar-refractivity contribution in [2.75, 3.05) is 20.3 Å². The molecule has 1 saturated carbocycles. The highest BCUT2D eigenvalue weighted by molar-refractivity contribution is 5.77. The fraction of sp³-hybridized carbons (Fsp3) is 0.917. The van der Waals surface area contributed by atoms with Crippen molar-refractivity contribution in [3.05, 3.63) is 0 Å². The van der Waals surface area contributed by atoms with Crippen molar-refractivity contribution in [2.24, 2.45) is 5.73 Å². The number of nitrogens with one attached hydrogen (secondary N) is 1. The summed E-state index contributed by atoms with van der Waals surface area (Å²) in [6.07, 6.45) is 4.51. The van der Waals surface area contributed by atoms with Crippen LogP contribution in [0.15, 0.2) is 0 Å². The Bertz CT molecular complexity index is 240. The van der Waals surface area contributed by atoms with Gasteiger partial charge in [-0.2, -0.15) is 0 Å². The molecule has 0 saturated heterocycles. The van der Waals surface area contributed by atoms with E-state index in [1.54, 1.807) is 7.11 Å². The summed E-state index contributed by atoms with van der Waals surface area (Å²) in [7, 11) is 1.54.